The Hall–Kier alpha value is -1.51. The van der Waals surface area contributed by atoms with Crippen molar-refractivity contribution in [2.24, 2.45) is 5.92 Å². The number of ether oxygens (including phenoxy) is 2. The summed E-state index contributed by atoms with van der Waals surface area (Å²) in [6.45, 7) is 10.3. The van der Waals surface area contributed by atoms with Gasteiger partial charge in [-0.25, -0.2) is 0 Å². The van der Waals surface area contributed by atoms with Gasteiger partial charge in [-0.05, 0) is 44.4 Å². The van der Waals surface area contributed by atoms with Crippen LogP contribution >= 0.6 is 0 Å². The first-order valence-corrected chi connectivity index (χ1v) is 6.89. The third-order valence-electron chi connectivity index (χ3n) is 2.82. The molecule has 1 rings (SSSR count). The van der Waals surface area contributed by atoms with Gasteiger partial charge in [0.25, 0.3) is 0 Å². The van der Waals surface area contributed by atoms with Gasteiger partial charge in [-0.3, -0.25) is 4.79 Å². The molecule has 3 nitrogen and oxygen atoms in total. The number of hydrogen-bond donors (Lipinski definition) is 0. The minimum absolute atomic E-state index is 0.150. The summed E-state index contributed by atoms with van der Waals surface area (Å²) in [5, 5.41) is 0. The lowest BCUT2D eigenvalue weighted by molar-refractivity contribution is -0.146. The van der Waals surface area contributed by atoms with Gasteiger partial charge in [0.2, 0.25) is 0 Å². The summed E-state index contributed by atoms with van der Waals surface area (Å²) in [5.41, 5.74) is 0.976. The molecule has 1 atom stereocenters. The second-order valence-corrected chi connectivity index (χ2v) is 5.21. The molecular weight excluding hydrogens is 240 g/mol. The number of hydrogen-bond acceptors (Lipinski definition) is 3. The summed E-state index contributed by atoms with van der Waals surface area (Å²) < 4.78 is 10.7. The van der Waals surface area contributed by atoms with E-state index in [1.165, 1.54) is 0 Å². The van der Waals surface area contributed by atoms with E-state index in [1.54, 1.807) is 0 Å². The van der Waals surface area contributed by atoms with E-state index in [0.717, 1.165) is 11.3 Å². The topological polar surface area (TPSA) is 35.5 Å². The van der Waals surface area contributed by atoms with Crippen molar-refractivity contribution < 1.29 is 14.3 Å². The standard InChI is InChI=1S/C16H24O3/c1-6-18-16(17)15(11(2)3)13-7-9-14(10-8-13)19-12(4)5/h7-12,15H,6H2,1-5H3. The maximum atomic E-state index is 12.0. The fourth-order valence-corrected chi connectivity index (χ4v) is 2.05. The molecule has 0 bridgehead atoms. The molecule has 0 heterocycles. The lowest BCUT2D eigenvalue weighted by atomic mass is 9.88. The van der Waals surface area contributed by atoms with Crippen molar-refractivity contribution in [2.45, 2.75) is 46.6 Å². The van der Waals surface area contributed by atoms with Gasteiger partial charge < -0.3 is 9.47 Å². The van der Waals surface area contributed by atoms with E-state index in [-0.39, 0.29) is 23.9 Å². The van der Waals surface area contributed by atoms with Gasteiger partial charge >= 0.3 is 5.97 Å². The number of carbonyl (C=O) groups excluding carboxylic acids is 1. The molecule has 0 fully saturated rings. The number of esters is 1. The minimum atomic E-state index is -0.215. The zero-order chi connectivity index (χ0) is 14.4. The molecule has 0 radical (unpaired) electrons. The second kappa shape index (κ2) is 7.17. The Morgan fingerprint density at radius 1 is 1.11 bits per heavy atom. The van der Waals surface area contributed by atoms with Crippen molar-refractivity contribution in [3.8, 4) is 5.75 Å². The first-order valence-electron chi connectivity index (χ1n) is 6.89. The Balaban J connectivity index is 2.88. The van der Waals surface area contributed by atoms with Crippen LogP contribution < -0.4 is 4.74 Å². The van der Waals surface area contributed by atoms with E-state index >= 15 is 0 Å². The Labute approximate surface area is 115 Å². The summed E-state index contributed by atoms with van der Waals surface area (Å²) in [5.74, 6) is 0.657. The predicted octanol–water partition coefficient (Wildman–Crippen LogP) is 3.78. The molecule has 0 amide bonds. The Bertz CT molecular complexity index is 393. The Kier molecular flexibility index (Phi) is 5.87. The normalized spacial score (nSPS) is 12.6. The highest BCUT2D eigenvalue weighted by Crippen LogP contribution is 2.27. The minimum Gasteiger partial charge on any atom is -0.491 e. The van der Waals surface area contributed by atoms with E-state index in [0.29, 0.717) is 6.61 Å². The summed E-state index contributed by atoms with van der Waals surface area (Å²) in [6, 6.07) is 7.70. The third-order valence-corrected chi connectivity index (χ3v) is 2.82. The quantitative estimate of drug-likeness (QED) is 0.734. The molecule has 1 aromatic carbocycles. The largest absolute Gasteiger partial charge is 0.491 e. The van der Waals surface area contributed by atoms with Crippen LogP contribution in [0.4, 0.5) is 0 Å². The van der Waals surface area contributed by atoms with Crippen LogP contribution in [-0.4, -0.2) is 18.7 Å². The van der Waals surface area contributed by atoms with Crippen molar-refractivity contribution >= 4 is 5.97 Å². The maximum absolute atomic E-state index is 12.0. The summed E-state index contributed by atoms with van der Waals surface area (Å²) in [6.07, 6.45) is 0.150. The Morgan fingerprint density at radius 2 is 1.68 bits per heavy atom. The van der Waals surface area contributed by atoms with Gasteiger partial charge in [-0.1, -0.05) is 26.0 Å². The van der Waals surface area contributed by atoms with Crippen molar-refractivity contribution in [3.05, 3.63) is 29.8 Å². The van der Waals surface area contributed by atoms with E-state index in [9.17, 15) is 4.79 Å². The SMILES string of the molecule is CCOC(=O)C(c1ccc(OC(C)C)cc1)C(C)C. The highest BCUT2D eigenvalue weighted by atomic mass is 16.5. The number of carbonyl (C=O) groups is 1. The zero-order valence-corrected chi connectivity index (χ0v) is 12.5. The van der Waals surface area contributed by atoms with Crippen LogP contribution in [0, 0.1) is 5.92 Å². The molecule has 0 aliphatic carbocycles. The molecule has 106 valence electrons. The molecule has 0 aliphatic heterocycles. The fraction of sp³-hybridized carbons (Fsp3) is 0.562. The molecule has 19 heavy (non-hydrogen) atoms. The third kappa shape index (κ3) is 4.58. The molecule has 3 heteroatoms. The van der Waals surface area contributed by atoms with Crippen molar-refractivity contribution in [1.82, 2.24) is 0 Å². The van der Waals surface area contributed by atoms with Crippen LogP contribution in [0.25, 0.3) is 0 Å². The summed E-state index contributed by atoms with van der Waals surface area (Å²) in [7, 11) is 0. The van der Waals surface area contributed by atoms with Crippen molar-refractivity contribution in [2.75, 3.05) is 6.61 Å². The van der Waals surface area contributed by atoms with Gasteiger partial charge in [0.05, 0.1) is 18.6 Å². The van der Waals surface area contributed by atoms with Crippen LogP contribution in [0.2, 0.25) is 0 Å². The smallest absolute Gasteiger partial charge is 0.313 e. The zero-order valence-electron chi connectivity index (χ0n) is 12.5. The molecule has 0 spiro atoms. The van der Waals surface area contributed by atoms with Crippen LogP contribution in [0.3, 0.4) is 0 Å². The van der Waals surface area contributed by atoms with E-state index in [2.05, 4.69) is 0 Å². The lowest BCUT2D eigenvalue weighted by Gasteiger charge is -2.20. The number of rotatable bonds is 6. The van der Waals surface area contributed by atoms with Gasteiger partial charge in [-0.15, -0.1) is 0 Å². The van der Waals surface area contributed by atoms with Crippen molar-refractivity contribution in [1.29, 1.82) is 0 Å². The second-order valence-electron chi connectivity index (χ2n) is 5.21. The molecule has 0 saturated carbocycles. The van der Waals surface area contributed by atoms with Gasteiger partial charge in [-0.2, -0.15) is 0 Å². The van der Waals surface area contributed by atoms with E-state index in [1.807, 2.05) is 58.9 Å². The lowest BCUT2D eigenvalue weighted by Crippen LogP contribution is -2.20. The van der Waals surface area contributed by atoms with Crippen LogP contribution in [0.5, 0.6) is 5.75 Å². The van der Waals surface area contributed by atoms with Crippen LogP contribution in [0.15, 0.2) is 24.3 Å². The summed E-state index contributed by atoms with van der Waals surface area (Å²) >= 11 is 0. The van der Waals surface area contributed by atoms with Gasteiger partial charge in [0.15, 0.2) is 0 Å². The molecule has 1 aromatic rings. The average molecular weight is 264 g/mol. The van der Waals surface area contributed by atoms with Crippen LogP contribution in [-0.2, 0) is 9.53 Å². The first kappa shape index (κ1) is 15.5. The van der Waals surface area contributed by atoms with Crippen LogP contribution in [0.1, 0.15) is 46.1 Å². The molecule has 0 N–H and O–H groups in total. The number of benzene rings is 1. The first-order chi connectivity index (χ1) is 8.95. The highest BCUT2D eigenvalue weighted by molar-refractivity contribution is 5.78. The maximum Gasteiger partial charge on any atom is 0.313 e. The Morgan fingerprint density at radius 3 is 2.11 bits per heavy atom. The van der Waals surface area contributed by atoms with E-state index < -0.39 is 0 Å². The monoisotopic (exact) mass is 264 g/mol. The van der Waals surface area contributed by atoms with Gasteiger partial charge in [0.1, 0.15) is 5.75 Å². The molecule has 0 aliphatic rings. The predicted molar refractivity (Wildman–Crippen MR) is 76.4 cm³/mol. The van der Waals surface area contributed by atoms with E-state index in [4.69, 9.17) is 9.47 Å². The highest BCUT2D eigenvalue weighted by Gasteiger charge is 2.25. The summed E-state index contributed by atoms with van der Waals surface area (Å²) in [4.78, 5) is 12.0. The molecule has 0 aromatic heterocycles. The molecule has 1 unspecified atom stereocenters. The molecule has 0 saturated heterocycles. The van der Waals surface area contributed by atoms with Crippen molar-refractivity contribution in [3.63, 3.8) is 0 Å². The average Bonchev–Trinajstić information content (AvgIpc) is 2.31. The van der Waals surface area contributed by atoms with Gasteiger partial charge in [0, 0.05) is 0 Å². The molecular formula is C16H24O3. The fourth-order valence-electron chi connectivity index (χ4n) is 2.05.